The third kappa shape index (κ3) is 4.10. The average molecular weight is 321 g/mol. The highest BCUT2D eigenvalue weighted by atomic mass is 16.2. The van der Waals surface area contributed by atoms with Gasteiger partial charge in [0.05, 0.1) is 0 Å². The van der Waals surface area contributed by atoms with Crippen molar-refractivity contribution in [3.8, 4) is 0 Å². The topological polar surface area (TPSA) is 88.1 Å². The molecular weight excluding hydrogens is 294 g/mol. The SMILES string of the molecule is CC(C)(C)C(=O)NCCNC(=O)C1(n2cccn2)CCNCC1. The number of piperidine rings is 1. The summed E-state index contributed by atoms with van der Waals surface area (Å²) in [4.78, 5) is 24.6. The summed E-state index contributed by atoms with van der Waals surface area (Å²) in [6.07, 6.45) is 4.94. The van der Waals surface area contributed by atoms with E-state index >= 15 is 0 Å². The molecule has 1 aromatic heterocycles. The molecule has 7 nitrogen and oxygen atoms in total. The van der Waals surface area contributed by atoms with Crippen LogP contribution < -0.4 is 16.0 Å². The predicted molar refractivity (Wildman–Crippen MR) is 87.8 cm³/mol. The van der Waals surface area contributed by atoms with Gasteiger partial charge in [0.1, 0.15) is 5.54 Å². The van der Waals surface area contributed by atoms with Gasteiger partial charge in [0.15, 0.2) is 0 Å². The number of amides is 2. The maximum absolute atomic E-state index is 12.7. The van der Waals surface area contributed by atoms with E-state index in [-0.39, 0.29) is 11.8 Å². The second kappa shape index (κ2) is 7.12. The monoisotopic (exact) mass is 321 g/mol. The van der Waals surface area contributed by atoms with Crippen molar-refractivity contribution in [3.63, 3.8) is 0 Å². The lowest BCUT2D eigenvalue weighted by molar-refractivity contribution is -0.132. The molecule has 0 spiro atoms. The zero-order valence-electron chi connectivity index (χ0n) is 14.2. The summed E-state index contributed by atoms with van der Waals surface area (Å²) in [7, 11) is 0. The minimum Gasteiger partial charge on any atom is -0.354 e. The summed E-state index contributed by atoms with van der Waals surface area (Å²) in [6.45, 7) is 8.00. The lowest BCUT2D eigenvalue weighted by Gasteiger charge is -2.36. The van der Waals surface area contributed by atoms with Crippen molar-refractivity contribution >= 4 is 11.8 Å². The molecule has 1 fully saturated rings. The van der Waals surface area contributed by atoms with Crippen molar-refractivity contribution in [2.24, 2.45) is 5.41 Å². The molecule has 7 heteroatoms. The molecule has 2 amide bonds. The van der Waals surface area contributed by atoms with Crippen LogP contribution in [-0.4, -0.2) is 47.8 Å². The fourth-order valence-corrected chi connectivity index (χ4v) is 2.70. The maximum Gasteiger partial charge on any atom is 0.248 e. The van der Waals surface area contributed by atoms with E-state index in [1.165, 1.54) is 0 Å². The van der Waals surface area contributed by atoms with Gasteiger partial charge in [0, 0.05) is 30.9 Å². The Morgan fingerprint density at radius 1 is 1.22 bits per heavy atom. The van der Waals surface area contributed by atoms with E-state index in [1.54, 1.807) is 10.9 Å². The van der Waals surface area contributed by atoms with Crippen LogP contribution in [0.15, 0.2) is 18.5 Å². The molecule has 1 aromatic rings. The molecule has 0 atom stereocenters. The smallest absolute Gasteiger partial charge is 0.248 e. The summed E-state index contributed by atoms with van der Waals surface area (Å²) in [5.41, 5.74) is -1.06. The fraction of sp³-hybridized carbons (Fsp3) is 0.688. The number of rotatable bonds is 5. The van der Waals surface area contributed by atoms with Crippen LogP contribution in [0.3, 0.4) is 0 Å². The van der Waals surface area contributed by atoms with E-state index in [2.05, 4.69) is 21.0 Å². The van der Waals surface area contributed by atoms with E-state index in [4.69, 9.17) is 0 Å². The van der Waals surface area contributed by atoms with Gasteiger partial charge in [-0.3, -0.25) is 14.3 Å². The van der Waals surface area contributed by atoms with E-state index < -0.39 is 11.0 Å². The molecule has 1 aliphatic rings. The van der Waals surface area contributed by atoms with E-state index in [1.807, 2.05) is 33.0 Å². The van der Waals surface area contributed by atoms with Crippen LogP contribution in [0.5, 0.6) is 0 Å². The molecule has 0 unspecified atom stereocenters. The van der Waals surface area contributed by atoms with Crippen LogP contribution in [-0.2, 0) is 15.1 Å². The molecule has 3 N–H and O–H groups in total. The zero-order valence-corrected chi connectivity index (χ0v) is 14.2. The summed E-state index contributed by atoms with van der Waals surface area (Å²) in [6, 6.07) is 1.83. The molecule has 0 radical (unpaired) electrons. The van der Waals surface area contributed by atoms with Crippen LogP contribution in [0, 0.1) is 5.41 Å². The summed E-state index contributed by atoms with van der Waals surface area (Å²) in [5, 5.41) is 13.3. The van der Waals surface area contributed by atoms with Crippen LogP contribution in [0.2, 0.25) is 0 Å². The van der Waals surface area contributed by atoms with Gasteiger partial charge in [0.2, 0.25) is 11.8 Å². The van der Waals surface area contributed by atoms with E-state index in [9.17, 15) is 9.59 Å². The highest BCUT2D eigenvalue weighted by Gasteiger charge is 2.41. The third-order valence-electron chi connectivity index (χ3n) is 4.17. The van der Waals surface area contributed by atoms with Crippen molar-refractivity contribution < 1.29 is 9.59 Å². The number of hydrogen-bond donors (Lipinski definition) is 3. The molecule has 0 aliphatic carbocycles. The largest absolute Gasteiger partial charge is 0.354 e. The van der Waals surface area contributed by atoms with Gasteiger partial charge in [-0.05, 0) is 32.0 Å². The summed E-state index contributed by atoms with van der Waals surface area (Å²) < 4.78 is 1.76. The molecule has 1 saturated heterocycles. The lowest BCUT2D eigenvalue weighted by Crippen LogP contribution is -2.55. The van der Waals surface area contributed by atoms with Crippen molar-refractivity contribution in [2.75, 3.05) is 26.2 Å². The second-order valence-corrected chi connectivity index (χ2v) is 6.99. The Balaban J connectivity index is 1.91. The Morgan fingerprint density at radius 2 is 1.87 bits per heavy atom. The third-order valence-corrected chi connectivity index (χ3v) is 4.17. The number of nitrogens with zero attached hydrogens (tertiary/aromatic N) is 2. The number of carbonyl (C=O) groups excluding carboxylic acids is 2. The minimum absolute atomic E-state index is 0.0181. The first-order valence-electron chi connectivity index (χ1n) is 8.14. The highest BCUT2D eigenvalue weighted by Crippen LogP contribution is 2.26. The highest BCUT2D eigenvalue weighted by molar-refractivity contribution is 5.85. The molecule has 128 valence electrons. The number of hydrogen-bond acceptors (Lipinski definition) is 4. The van der Waals surface area contributed by atoms with Crippen LogP contribution >= 0.6 is 0 Å². The first-order chi connectivity index (χ1) is 10.9. The van der Waals surface area contributed by atoms with Crippen molar-refractivity contribution in [2.45, 2.75) is 39.2 Å². The van der Waals surface area contributed by atoms with Crippen LogP contribution in [0.25, 0.3) is 0 Å². The zero-order chi connectivity index (χ0) is 16.9. The Morgan fingerprint density at radius 3 is 2.43 bits per heavy atom. The van der Waals surface area contributed by atoms with Gasteiger partial charge >= 0.3 is 0 Å². The Bertz CT molecular complexity index is 527. The van der Waals surface area contributed by atoms with Crippen LogP contribution in [0.4, 0.5) is 0 Å². The standard InChI is InChI=1S/C16H27N5O2/c1-15(2,3)13(22)18-10-11-19-14(23)16(5-8-17-9-6-16)21-12-4-7-20-21/h4,7,12,17H,5-6,8-11H2,1-3H3,(H,18,22)(H,19,23). The molecule has 23 heavy (non-hydrogen) atoms. The first kappa shape index (κ1) is 17.5. The number of aromatic nitrogens is 2. The van der Waals surface area contributed by atoms with Crippen molar-refractivity contribution in [3.05, 3.63) is 18.5 Å². The van der Waals surface area contributed by atoms with Gasteiger partial charge in [-0.25, -0.2) is 0 Å². The average Bonchev–Trinajstić information content (AvgIpc) is 3.05. The lowest BCUT2D eigenvalue weighted by atomic mass is 9.87. The normalized spacial score (nSPS) is 17.5. The van der Waals surface area contributed by atoms with Gasteiger partial charge in [-0.1, -0.05) is 20.8 Å². The summed E-state index contributed by atoms with van der Waals surface area (Å²) in [5.74, 6) is -0.0527. The molecule has 1 aliphatic heterocycles. The van der Waals surface area contributed by atoms with Gasteiger partial charge < -0.3 is 16.0 Å². The first-order valence-corrected chi connectivity index (χ1v) is 8.14. The van der Waals surface area contributed by atoms with Gasteiger partial charge in [0.25, 0.3) is 0 Å². The molecule has 0 saturated carbocycles. The van der Waals surface area contributed by atoms with Gasteiger partial charge in [-0.2, -0.15) is 5.10 Å². The molecule has 0 aromatic carbocycles. The molecule has 0 bridgehead atoms. The summed E-state index contributed by atoms with van der Waals surface area (Å²) >= 11 is 0. The van der Waals surface area contributed by atoms with Crippen molar-refractivity contribution in [1.82, 2.24) is 25.7 Å². The Labute approximate surface area is 137 Å². The minimum atomic E-state index is -0.636. The van der Waals surface area contributed by atoms with E-state index in [0.29, 0.717) is 25.9 Å². The molecule has 2 rings (SSSR count). The maximum atomic E-state index is 12.7. The van der Waals surface area contributed by atoms with E-state index in [0.717, 1.165) is 13.1 Å². The Hall–Kier alpha value is -1.89. The van der Waals surface area contributed by atoms with Crippen molar-refractivity contribution in [1.29, 1.82) is 0 Å². The second-order valence-electron chi connectivity index (χ2n) is 6.99. The predicted octanol–water partition coefficient (Wildman–Crippen LogP) is 0.240. The number of carbonyl (C=O) groups is 2. The Kier molecular flexibility index (Phi) is 5.41. The molecular formula is C16H27N5O2. The molecule has 2 heterocycles. The van der Waals surface area contributed by atoms with Gasteiger partial charge in [-0.15, -0.1) is 0 Å². The fourth-order valence-electron chi connectivity index (χ4n) is 2.70. The van der Waals surface area contributed by atoms with Crippen LogP contribution in [0.1, 0.15) is 33.6 Å². The number of nitrogens with one attached hydrogen (secondary N) is 3. The quantitative estimate of drug-likeness (QED) is 0.678.